The molecule has 36 heavy (non-hydrogen) atoms. The number of hydrogen-bond acceptors (Lipinski definition) is 8. The first-order valence-corrected chi connectivity index (χ1v) is 11.0. The van der Waals surface area contributed by atoms with Gasteiger partial charge in [-0.25, -0.2) is 9.59 Å². The van der Waals surface area contributed by atoms with Crippen LogP contribution in [0.15, 0.2) is 66.7 Å². The molecule has 0 spiro atoms. The van der Waals surface area contributed by atoms with Crippen LogP contribution in [-0.2, 0) is 14.4 Å². The molecule has 12 nitrogen and oxygen atoms in total. The molecule has 0 radical (unpaired) electrons. The number of nitrogens with zero attached hydrogens (tertiary/aromatic N) is 4. The van der Waals surface area contributed by atoms with E-state index in [0.29, 0.717) is 37.5 Å². The number of piperazine rings is 1. The van der Waals surface area contributed by atoms with Crippen molar-refractivity contribution in [2.75, 3.05) is 50.8 Å². The van der Waals surface area contributed by atoms with E-state index in [9.17, 15) is 24.5 Å². The van der Waals surface area contributed by atoms with Crippen molar-refractivity contribution in [3.63, 3.8) is 0 Å². The van der Waals surface area contributed by atoms with E-state index in [2.05, 4.69) is 4.90 Å². The van der Waals surface area contributed by atoms with Gasteiger partial charge in [0.15, 0.2) is 0 Å². The first-order valence-electron chi connectivity index (χ1n) is 11.0. The van der Waals surface area contributed by atoms with Crippen LogP contribution in [0.25, 0.3) is 0 Å². The van der Waals surface area contributed by atoms with Gasteiger partial charge in [-0.3, -0.25) is 29.6 Å². The summed E-state index contributed by atoms with van der Waals surface area (Å²) in [4.78, 5) is 49.0. The SMILES string of the molecule is O=C(CN1CCN(CCO)CC1)N(c1ccccc1)c1ccccc1[N+](=O)[O-].O=C(O)/C=C\C(=O)O. The fourth-order valence-electron chi connectivity index (χ4n) is 3.52. The Kier molecular flexibility index (Phi) is 11.2. The summed E-state index contributed by atoms with van der Waals surface area (Å²) < 4.78 is 0. The maximum atomic E-state index is 13.2. The molecule has 0 saturated carbocycles. The summed E-state index contributed by atoms with van der Waals surface area (Å²) in [6.45, 7) is 3.92. The number of carboxylic acid groups (broad SMARTS) is 2. The van der Waals surface area contributed by atoms with Gasteiger partial charge in [0.05, 0.1) is 18.1 Å². The van der Waals surface area contributed by atoms with Crippen molar-refractivity contribution in [2.24, 2.45) is 0 Å². The Morgan fingerprint density at radius 3 is 1.94 bits per heavy atom. The standard InChI is InChI=1S/C20H24N4O4.C4H4O4/c25-15-14-21-10-12-22(13-11-21)16-20(26)23(17-6-2-1-3-7-17)18-8-4-5-9-19(18)24(27)28;5-3(6)1-2-4(7)8/h1-9,25H,10-16H2;1-2H,(H,5,6)(H,7,8)/b;2-1-. The van der Waals surface area contributed by atoms with Gasteiger partial charge in [0.2, 0.25) is 5.91 Å². The number of carbonyl (C=O) groups excluding carboxylic acids is 1. The number of rotatable bonds is 9. The summed E-state index contributed by atoms with van der Waals surface area (Å²) in [6, 6.07) is 15.3. The van der Waals surface area contributed by atoms with Crippen molar-refractivity contribution in [2.45, 2.75) is 0 Å². The fraction of sp³-hybridized carbons (Fsp3) is 0.292. The number of aliphatic hydroxyl groups is 1. The number of aliphatic carboxylic acids is 2. The second-order valence-electron chi connectivity index (χ2n) is 7.66. The third-order valence-electron chi connectivity index (χ3n) is 5.19. The van der Waals surface area contributed by atoms with Crippen molar-refractivity contribution in [1.82, 2.24) is 9.80 Å². The smallest absolute Gasteiger partial charge is 0.328 e. The Balaban J connectivity index is 0.000000493. The van der Waals surface area contributed by atoms with Crippen LogP contribution in [0.2, 0.25) is 0 Å². The van der Waals surface area contributed by atoms with Crippen LogP contribution in [0.3, 0.4) is 0 Å². The molecule has 1 aliphatic heterocycles. The number of nitro groups is 1. The topological polar surface area (TPSA) is 165 Å². The predicted octanol–water partition coefficient (Wildman–Crippen LogP) is 1.58. The molecule has 0 atom stereocenters. The van der Waals surface area contributed by atoms with Gasteiger partial charge in [-0.2, -0.15) is 0 Å². The average Bonchev–Trinajstić information content (AvgIpc) is 2.85. The van der Waals surface area contributed by atoms with Crippen LogP contribution in [0.5, 0.6) is 0 Å². The number of amides is 1. The zero-order chi connectivity index (χ0) is 26.5. The largest absolute Gasteiger partial charge is 0.478 e. The number of anilines is 2. The van der Waals surface area contributed by atoms with Crippen molar-refractivity contribution >= 4 is 34.9 Å². The summed E-state index contributed by atoms with van der Waals surface area (Å²) in [6.07, 6.45) is 1.12. The van der Waals surface area contributed by atoms with Gasteiger partial charge in [-0.1, -0.05) is 30.3 Å². The highest BCUT2D eigenvalue weighted by molar-refractivity contribution is 6.03. The quantitative estimate of drug-likeness (QED) is 0.261. The van der Waals surface area contributed by atoms with Gasteiger partial charge in [0.25, 0.3) is 5.69 Å². The van der Waals surface area contributed by atoms with Gasteiger partial charge in [-0.15, -0.1) is 0 Å². The lowest BCUT2D eigenvalue weighted by Gasteiger charge is -2.35. The van der Waals surface area contributed by atoms with E-state index in [0.717, 1.165) is 13.1 Å². The molecule has 3 N–H and O–H groups in total. The van der Waals surface area contributed by atoms with Crippen LogP contribution in [-0.4, -0.2) is 93.8 Å². The van der Waals surface area contributed by atoms with Crippen molar-refractivity contribution in [1.29, 1.82) is 0 Å². The van der Waals surface area contributed by atoms with Gasteiger partial charge in [0, 0.05) is 56.6 Å². The summed E-state index contributed by atoms with van der Waals surface area (Å²) in [5, 5.41) is 36.2. The molecule has 192 valence electrons. The lowest BCUT2D eigenvalue weighted by molar-refractivity contribution is -0.384. The highest BCUT2D eigenvalue weighted by atomic mass is 16.6. The van der Waals surface area contributed by atoms with Crippen LogP contribution < -0.4 is 4.90 Å². The summed E-state index contributed by atoms with van der Waals surface area (Å²) >= 11 is 0. The van der Waals surface area contributed by atoms with Crippen molar-refractivity contribution < 1.29 is 34.6 Å². The lowest BCUT2D eigenvalue weighted by atomic mass is 10.2. The molecule has 1 aliphatic rings. The van der Waals surface area contributed by atoms with E-state index in [-0.39, 0.29) is 30.4 Å². The molecule has 0 bridgehead atoms. The monoisotopic (exact) mass is 500 g/mol. The molecule has 12 heteroatoms. The van der Waals surface area contributed by atoms with E-state index in [4.69, 9.17) is 15.3 Å². The summed E-state index contributed by atoms with van der Waals surface area (Å²) in [5.41, 5.74) is 0.760. The first-order chi connectivity index (χ1) is 17.2. The molecule has 0 aliphatic carbocycles. The molecule has 0 aromatic heterocycles. The summed E-state index contributed by atoms with van der Waals surface area (Å²) in [7, 11) is 0. The van der Waals surface area contributed by atoms with Crippen LogP contribution in [0.4, 0.5) is 17.1 Å². The molecule has 3 rings (SSSR count). The highest BCUT2D eigenvalue weighted by Crippen LogP contribution is 2.33. The van der Waals surface area contributed by atoms with Crippen molar-refractivity contribution in [3.05, 3.63) is 76.9 Å². The Labute approximate surface area is 207 Å². The van der Waals surface area contributed by atoms with Gasteiger partial charge in [-0.05, 0) is 18.2 Å². The van der Waals surface area contributed by atoms with E-state index in [1.54, 1.807) is 42.5 Å². The average molecular weight is 501 g/mol. The maximum Gasteiger partial charge on any atom is 0.328 e. The molecule has 0 unspecified atom stereocenters. The Hall–Kier alpha value is -4.13. The van der Waals surface area contributed by atoms with E-state index in [1.807, 2.05) is 11.0 Å². The second kappa shape index (κ2) is 14.3. The van der Waals surface area contributed by atoms with Crippen molar-refractivity contribution in [3.8, 4) is 0 Å². The molecule has 2 aromatic carbocycles. The number of carbonyl (C=O) groups is 3. The van der Waals surface area contributed by atoms with Crippen LogP contribution in [0.1, 0.15) is 0 Å². The normalized spacial score (nSPS) is 14.0. The lowest BCUT2D eigenvalue weighted by Crippen LogP contribution is -2.50. The number of nitro benzene ring substituents is 1. The number of benzene rings is 2. The Morgan fingerprint density at radius 1 is 0.889 bits per heavy atom. The number of aliphatic hydroxyl groups excluding tert-OH is 1. The van der Waals surface area contributed by atoms with Gasteiger partial charge >= 0.3 is 11.9 Å². The minimum absolute atomic E-state index is 0.104. The van der Waals surface area contributed by atoms with Crippen LogP contribution in [0, 0.1) is 10.1 Å². The van der Waals surface area contributed by atoms with Gasteiger partial charge < -0.3 is 15.3 Å². The number of para-hydroxylation sites is 3. The van der Waals surface area contributed by atoms with E-state index in [1.165, 1.54) is 11.0 Å². The predicted molar refractivity (Wildman–Crippen MR) is 131 cm³/mol. The zero-order valence-electron chi connectivity index (χ0n) is 19.5. The molecule has 2 aromatic rings. The highest BCUT2D eigenvalue weighted by Gasteiger charge is 2.28. The molecule has 1 heterocycles. The first kappa shape index (κ1) is 28.1. The zero-order valence-corrected chi connectivity index (χ0v) is 19.5. The number of β-amino-alcohol motifs (C(OH)–C–C–N with tert-alkyl or cyclic N) is 1. The fourth-order valence-corrected chi connectivity index (χ4v) is 3.52. The molecule has 1 amide bonds. The van der Waals surface area contributed by atoms with E-state index >= 15 is 0 Å². The Bertz CT molecular complexity index is 1050. The number of carboxylic acids is 2. The summed E-state index contributed by atoms with van der Waals surface area (Å²) in [5.74, 6) is -2.73. The minimum atomic E-state index is -1.26. The third kappa shape index (κ3) is 8.91. The second-order valence-corrected chi connectivity index (χ2v) is 7.66. The number of hydrogen-bond donors (Lipinski definition) is 3. The Morgan fingerprint density at radius 2 is 1.42 bits per heavy atom. The molecule has 1 fully saturated rings. The molecule has 1 saturated heterocycles. The molecular formula is C24H28N4O8. The van der Waals surface area contributed by atoms with Gasteiger partial charge in [0.1, 0.15) is 5.69 Å². The van der Waals surface area contributed by atoms with E-state index < -0.39 is 16.9 Å². The van der Waals surface area contributed by atoms with Crippen LogP contribution >= 0.6 is 0 Å². The molecular weight excluding hydrogens is 472 g/mol. The minimum Gasteiger partial charge on any atom is -0.478 e. The third-order valence-corrected chi connectivity index (χ3v) is 5.19. The maximum absolute atomic E-state index is 13.2.